The molecule has 3 aromatic rings. The van der Waals surface area contributed by atoms with Crippen molar-refractivity contribution >= 4 is 11.9 Å². The summed E-state index contributed by atoms with van der Waals surface area (Å²) in [5.74, 6) is 0.555. The maximum absolute atomic E-state index is 13.5. The number of benzene rings is 1. The van der Waals surface area contributed by atoms with Crippen LogP contribution in [0.2, 0.25) is 0 Å². The predicted molar refractivity (Wildman–Crippen MR) is 130 cm³/mol. The number of tetrazole rings is 1. The molecule has 0 bridgehead atoms. The average molecular weight is 488 g/mol. The molecule has 10 heteroatoms. The number of aryl methyl sites for hydroxylation is 1. The molecular weight excluding hydrogens is 458 g/mol. The van der Waals surface area contributed by atoms with Crippen LogP contribution in [0.1, 0.15) is 51.5 Å². The Morgan fingerprint density at radius 1 is 1.08 bits per heavy atom. The summed E-state index contributed by atoms with van der Waals surface area (Å²) in [4.78, 5) is 34.5. The van der Waals surface area contributed by atoms with Gasteiger partial charge in [0.1, 0.15) is 6.33 Å². The Hall–Kier alpha value is -3.66. The molecule has 4 heterocycles. The molecule has 1 atom stereocenters. The second-order valence-corrected chi connectivity index (χ2v) is 9.70. The number of aromatic nitrogens is 5. The van der Waals surface area contributed by atoms with Gasteiger partial charge in [-0.2, -0.15) is 4.68 Å². The van der Waals surface area contributed by atoms with Gasteiger partial charge in [-0.25, -0.2) is 9.78 Å². The summed E-state index contributed by atoms with van der Waals surface area (Å²) in [5.41, 5.74) is 5.05. The quantitative estimate of drug-likeness (QED) is 0.500. The highest BCUT2D eigenvalue weighted by molar-refractivity contribution is 5.92. The van der Waals surface area contributed by atoms with E-state index in [4.69, 9.17) is 9.72 Å². The van der Waals surface area contributed by atoms with Gasteiger partial charge in [-0.15, -0.1) is 5.10 Å². The second kappa shape index (κ2) is 9.77. The van der Waals surface area contributed by atoms with Crippen LogP contribution in [0.15, 0.2) is 36.7 Å². The second-order valence-electron chi connectivity index (χ2n) is 9.70. The van der Waals surface area contributed by atoms with Gasteiger partial charge in [-0.3, -0.25) is 9.69 Å². The van der Waals surface area contributed by atoms with E-state index < -0.39 is 0 Å². The molecule has 0 spiro atoms. The molecule has 10 nitrogen and oxygen atoms in total. The van der Waals surface area contributed by atoms with Gasteiger partial charge in [0.25, 0.3) is 0 Å². The normalized spacial score (nSPS) is 19.9. The lowest BCUT2D eigenvalue weighted by molar-refractivity contribution is -0.135. The number of carbonyl (C=O) groups is 2. The zero-order valence-electron chi connectivity index (χ0n) is 20.2. The highest BCUT2D eigenvalue weighted by Crippen LogP contribution is 2.33. The molecule has 36 heavy (non-hydrogen) atoms. The Morgan fingerprint density at radius 2 is 1.97 bits per heavy atom. The third-order valence-electron chi connectivity index (χ3n) is 7.55. The molecule has 0 radical (unpaired) electrons. The lowest BCUT2D eigenvalue weighted by Crippen LogP contribution is -2.50. The van der Waals surface area contributed by atoms with E-state index >= 15 is 0 Å². The third kappa shape index (κ3) is 4.48. The number of amides is 1. The fraction of sp³-hybridized carbons (Fsp3) is 0.462. The van der Waals surface area contributed by atoms with Crippen molar-refractivity contribution in [2.24, 2.45) is 0 Å². The first-order valence-electron chi connectivity index (χ1n) is 12.7. The SMILES string of the molecule is O=C1OCCc2cc(CCN3CCN(C(=O)C4CCCc5nc(-n6cnnn6)ccc54)CC3)ccc21. The predicted octanol–water partition coefficient (Wildman–Crippen LogP) is 1.58. The van der Waals surface area contributed by atoms with E-state index in [0.717, 1.165) is 81.6 Å². The largest absolute Gasteiger partial charge is 0.462 e. The van der Waals surface area contributed by atoms with Crippen LogP contribution in [0.4, 0.5) is 0 Å². The van der Waals surface area contributed by atoms with E-state index in [-0.39, 0.29) is 17.8 Å². The number of cyclic esters (lactones) is 1. The zero-order valence-corrected chi connectivity index (χ0v) is 20.2. The summed E-state index contributed by atoms with van der Waals surface area (Å²) in [6.07, 6.45) is 5.93. The first-order chi connectivity index (χ1) is 17.7. The van der Waals surface area contributed by atoms with Crippen molar-refractivity contribution < 1.29 is 14.3 Å². The minimum Gasteiger partial charge on any atom is -0.462 e. The van der Waals surface area contributed by atoms with E-state index in [1.54, 1.807) is 4.68 Å². The molecule has 1 unspecified atom stereocenters. The van der Waals surface area contributed by atoms with Crippen LogP contribution in [0.5, 0.6) is 0 Å². The number of piperazine rings is 1. The topological polar surface area (TPSA) is 106 Å². The fourth-order valence-corrected chi connectivity index (χ4v) is 5.54. The molecule has 0 N–H and O–H groups in total. The number of hydrogen-bond acceptors (Lipinski definition) is 8. The Morgan fingerprint density at radius 3 is 2.81 bits per heavy atom. The fourth-order valence-electron chi connectivity index (χ4n) is 5.54. The Bertz CT molecular complexity index is 1270. The van der Waals surface area contributed by atoms with Gasteiger partial charge >= 0.3 is 5.97 Å². The van der Waals surface area contributed by atoms with E-state index in [1.807, 2.05) is 29.2 Å². The average Bonchev–Trinajstić information content (AvgIpc) is 3.46. The van der Waals surface area contributed by atoms with Crippen molar-refractivity contribution in [3.05, 3.63) is 64.6 Å². The van der Waals surface area contributed by atoms with Crippen molar-refractivity contribution in [2.75, 3.05) is 39.3 Å². The Kier molecular flexibility index (Phi) is 6.18. The molecule has 2 aliphatic heterocycles. The van der Waals surface area contributed by atoms with Gasteiger partial charge in [0.2, 0.25) is 5.91 Å². The molecule has 1 aliphatic carbocycles. The van der Waals surface area contributed by atoms with Crippen LogP contribution >= 0.6 is 0 Å². The number of carbonyl (C=O) groups excluding carboxylic acids is 2. The standard InChI is InChI=1S/C26H29N7O3/c34-25(22-2-1-3-23-21(22)6-7-24(28-23)33-17-27-29-30-33)32-13-11-31(12-14-32)10-8-18-4-5-20-19(16-18)9-15-36-26(20)35/h4-7,16-17,22H,1-3,8-15H2. The number of fused-ring (bicyclic) bond motifs is 2. The summed E-state index contributed by atoms with van der Waals surface area (Å²) >= 11 is 0. The number of nitrogens with zero attached hydrogens (tertiary/aromatic N) is 7. The molecule has 1 aromatic carbocycles. The van der Waals surface area contributed by atoms with Crippen LogP contribution in [-0.2, 0) is 28.8 Å². The molecule has 0 saturated carbocycles. The van der Waals surface area contributed by atoms with Crippen LogP contribution in [0.3, 0.4) is 0 Å². The van der Waals surface area contributed by atoms with Gasteiger partial charge in [0, 0.05) is 44.8 Å². The van der Waals surface area contributed by atoms with Crippen LogP contribution in [0, 0.1) is 0 Å². The van der Waals surface area contributed by atoms with Crippen molar-refractivity contribution in [1.29, 1.82) is 0 Å². The summed E-state index contributed by atoms with van der Waals surface area (Å²) in [5, 5.41) is 11.3. The van der Waals surface area contributed by atoms with Gasteiger partial charge in [0.15, 0.2) is 5.82 Å². The molecule has 6 rings (SSSR count). The first-order valence-corrected chi connectivity index (χ1v) is 12.7. The van der Waals surface area contributed by atoms with E-state index in [1.165, 1.54) is 11.9 Å². The zero-order chi connectivity index (χ0) is 24.5. The maximum Gasteiger partial charge on any atom is 0.338 e. The minimum atomic E-state index is -0.215. The molecule has 186 valence electrons. The first kappa shape index (κ1) is 22.8. The van der Waals surface area contributed by atoms with Crippen molar-refractivity contribution in [1.82, 2.24) is 35.0 Å². The highest BCUT2D eigenvalue weighted by Gasteiger charge is 2.32. The molecule has 1 saturated heterocycles. The highest BCUT2D eigenvalue weighted by atomic mass is 16.5. The van der Waals surface area contributed by atoms with Crippen LogP contribution in [-0.4, -0.2) is 86.2 Å². The lowest BCUT2D eigenvalue weighted by Gasteiger charge is -2.37. The maximum atomic E-state index is 13.5. The lowest BCUT2D eigenvalue weighted by atomic mass is 9.84. The summed E-state index contributed by atoms with van der Waals surface area (Å²) in [6, 6.07) is 9.99. The monoisotopic (exact) mass is 487 g/mol. The number of rotatable bonds is 5. The Labute approximate surface area is 209 Å². The molecule has 2 aromatic heterocycles. The van der Waals surface area contributed by atoms with Gasteiger partial charge in [-0.1, -0.05) is 18.2 Å². The molecule has 3 aliphatic rings. The molecule has 1 fully saturated rings. The Balaban J connectivity index is 1.05. The summed E-state index contributed by atoms with van der Waals surface area (Å²) in [7, 11) is 0. The van der Waals surface area contributed by atoms with Crippen LogP contribution < -0.4 is 0 Å². The number of ether oxygens (including phenoxy) is 1. The molecular formula is C26H29N7O3. The van der Waals surface area contributed by atoms with E-state index in [9.17, 15) is 9.59 Å². The summed E-state index contributed by atoms with van der Waals surface area (Å²) < 4.78 is 6.67. The van der Waals surface area contributed by atoms with Crippen molar-refractivity contribution in [3.63, 3.8) is 0 Å². The number of hydrogen-bond donors (Lipinski definition) is 0. The third-order valence-corrected chi connectivity index (χ3v) is 7.55. The van der Waals surface area contributed by atoms with Gasteiger partial charge in [0.05, 0.1) is 18.1 Å². The smallest absolute Gasteiger partial charge is 0.338 e. The minimum absolute atomic E-state index is 0.127. The van der Waals surface area contributed by atoms with Crippen molar-refractivity contribution in [3.8, 4) is 5.82 Å². The van der Waals surface area contributed by atoms with Crippen LogP contribution in [0.25, 0.3) is 5.82 Å². The van der Waals surface area contributed by atoms with E-state index in [0.29, 0.717) is 18.0 Å². The number of pyridine rings is 1. The number of esters is 1. The summed E-state index contributed by atoms with van der Waals surface area (Å²) in [6.45, 7) is 4.65. The van der Waals surface area contributed by atoms with Gasteiger partial charge in [-0.05, 0) is 64.9 Å². The molecule has 1 amide bonds. The van der Waals surface area contributed by atoms with E-state index in [2.05, 4.69) is 26.5 Å². The van der Waals surface area contributed by atoms with Gasteiger partial charge < -0.3 is 9.64 Å². The van der Waals surface area contributed by atoms with Crippen molar-refractivity contribution in [2.45, 2.75) is 38.0 Å².